The van der Waals surface area contributed by atoms with Gasteiger partial charge >= 0.3 is 0 Å². The number of hydrogen-bond donors (Lipinski definition) is 1. The average molecular weight is 200 g/mol. The number of thioether (sulfide) groups is 1. The lowest BCUT2D eigenvalue weighted by Gasteiger charge is -2.24. The Kier molecular flexibility index (Phi) is 4.10. The summed E-state index contributed by atoms with van der Waals surface area (Å²) in [5.41, 5.74) is 0. The highest BCUT2D eigenvalue weighted by Gasteiger charge is 2.16. The first-order valence-corrected chi connectivity index (χ1v) is 6.19. The van der Waals surface area contributed by atoms with Crippen LogP contribution in [0.25, 0.3) is 0 Å². The summed E-state index contributed by atoms with van der Waals surface area (Å²) in [6.45, 7) is 6.55. The summed E-state index contributed by atoms with van der Waals surface area (Å²) in [5.74, 6) is 1.22. The Morgan fingerprint density at radius 1 is 1.46 bits per heavy atom. The predicted molar refractivity (Wildman–Crippen MR) is 61.7 cm³/mol. The van der Waals surface area contributed by atoms with Gasteiger partial charge in [0.2, 0.25) is 0 Å². The number of rotatable bonds is 3. The van der Waals surface area contributed by atoms with Gasteiger partial charge in [0.25, 0.3) is 0 Å². The zero-order valence-corrected chi connectivity index (χ0v) is 9.71. The minimum Gasteiger partial charge on any atom is -0.372 e. The molecule has 0 saturated carbocycles. The molecule has 0 saturated heterocycles. The van der Waals surface area contributed by atoms with E-state index in [1.165, 1.54) is 18.7 Å². The molecule has 0 atom stereocenters. The van der Waals surface area contributed by atoms with E-state index >= 15 is 0 Å². The van der Waals surface area contributed by atoms with Crippen molar-refractivity contribution < 1.29 is 0 Å². The minimum atomic E-state index is 0.319. The fourth-order valence-corrected chi connectivity index (χ4v) is 1.45. The van der Waals surface area contributed by atoms with Crippen molar-refractivity contribution in [1.82, 2.24) is 5.32 Å². The third-order valence-electron chi connectivity index (χ3n) is 2.40. The third kappa shape index (κ3) is 4.03. The van der Waals surface area contributed by atoms with Crippen LogP contribution in [0.3, 0.4) is 0 Å². The Labute approximate surface area is 85.6 Å². The van der Waals surface area contributed by atoms with Gasteiger partial charge in [-0.1, -0.05) is 0 Å². The Bertz CT molecular complexity index is 187. The number of hydrogen-bond acceptors (Lipinski definition) is 3. The lowest BCUT2D eigenvalue weighted by Crippen LogP contribution is -2.36. The molecule has 0 unspecified atom stereocenters. The van der Waals surface area contributed by atoms with Crippen molar-refractivity contribution in [3.8, 4) is 0 Å². The molecule has 13 heavy (non-hydrogen) atoms. The molecule has 0 aromatic heterocycles. The maximum atomic E-state index is 4.46. The van der Waals surface area contributed by atoms with Crippen LogP contribution in [0.4, 0.5) is 0 Å². The Morgan fingerprint density at radius 2 is 2.23 bits per heavy atom. The quantitative estimate of drug-likeness (QED) is 0.756. The molecule has 0 aromatic carbocycles. The maximum absolute atomic E-state index is 4.46. The summed E-state index contributed by atoms with van der Waals surface area (Å²) >= 11 is 1.90. The molecule has 0 aromatic rings. The van der Waals surface area contributed by atoms with E-state index in [0.717, 1.165) is 19.5 Å². The van der Waals surface area contributed by atoms with Gasteiger partial charge < -0.3 is 5.32 Å². The van der Waals surface area contributed by atoms with Crippen molar-refractivity contribution in [3.05, 3.63) is 0 Å². The minimum absolute atomic E-state index is 0.319. The summed E-state index contributed by atoms with van der Waals surface area (Å²) in [6, 6.07) is 0. The van der Waals surface area contributed by atoms with Crippen molar-refractivity contribution in [2.75, 3.05) is 19.3 Å². The van der Waals surface area contributed by atoms with Gasteiger partial charge in [-0.2, -0.15) is 11.8 Å². The molecule has 0 radical (unpaired) electrons. The fourth-order valence-electron chi connectivity index (χ4n) is 1.23. The molecule has 1 rings (SSSR count). The van der Waals surface area contributed by atoms with E-state index in [1.807, 2.05) is 11.8 Å². The Morgan fingerprint density at radius 3 is 2.77 bits per heavy atom. The van der Waals surface area contributed by atoms with Crippen LogP contribution in [0, 0.1) is 0 Å². The summed E-state index contributed by atoms with van der Waals surface area (Å²) in [6.07, 6.45) is 5.86. The van der Waals surface area contributed by atoms with Crippen LogP contribution in [-0.4, -0.2) is 29.9 Å². The predicted octanol–water partition coefficient (Wildman–Crippen LogP) is 2.30. The highest BCUT2D eigenvalue weighted by Crippen LogP contribution is 2.19. The van der Waals surface area contributed by atoms with Gasteiger partial charge in [0.05, 0.1) is 5.84 Å². The van der Waals surface area contributed by atoms with Crippen LogP contribution in [-0.2, 0) is 0 Å². The van der Waals surface area contributed by atoms with E-state index in [0.29, 0.717) is 4.75 Å². The smallest absolute Gasteiger partial charge is 0.0963 e. The van der Waals surface area contributed by atoms with Crippen LogP contribution in [0.5, 0.6) is 0 Å². The molecule has 76 valence electrons. The van der Waals surface area contributed by atoms with E-state index in [2.05, 4.69) is 30.4 Å². The van der Waals surface area contributed by atoms with Crippen molar-refractivity contribution in [1.29, 1.82) is 0 Å². The van der Waals surface area contributed by atoms with Gasteiger partial charge in [-0.25, -0.2) is 0 Å². The van der Waals surface area contributed by atoms with Crippen molar-refractivity contribution >= 4 is 17.6 Å². The van der Waals surface area contributed by atoms with Gasteiger partial charge in [0.1, 0.15) is 0 Å². The first kappa shape index (κ1) is 10.9. The molecule has 1 heterocycles. The van der Waals surface area contributed by atoms with Gasteiger partial charge in [-0.3, -0.25) is 4.99 Å². The second-order valence-corrected chi connectivity index (χ2v) is 5.62. The van der Waals surface area contributed by atoms with Crippen LogP contribution in [0.1, 0.15) is 33.1 Å². The Hall–Kier alpha value is -0.180. The van der Waals surface area contributed by atoms with Crippen molar-refractivity contribution in [3.63, 3.8) is 0 Å². The molecule has 1 N–H and O–H groups in total. The molecule has 0 fully saturated rings. The summed E-state index contributed by atoms with van der Waals surface area (Å²) in [4.78, 5) is 4.46. The Balaban J connectivity index is 2.29. The molecule has 1 aliphatic heterocycles. The first-order chi connectivity index (χ1) is 6.14. The van der Waals surface area contributed by atoms with Crippen molar-refractivity contribution in [2.45, 2.75) is 37.9 Å². The number of nitrogens with one attached hydrogen (secondary N) is 1. The third-order valence-corrected chi connectivity index (χ3v) is 3.64. The molecular formula is C10H20N2S. The largest absolute Gasteiger partial charge is 0.372 e. The van der Waals surface area contributed by atoms with Gasteiger partial charge in [-0.05, 0) is 32.9 Å². The average Bonchev–Trinajstić information content (AvgIpc) is 2.17. The van der Waals surface area contributed by atoms with Gasteiger partial charge in [0, 0.05) is 24.3 Å². The lowest BCUT2D eigenvalue weighted by molar-refractivity contribution is 0.649. The molecule has 0 aliphatic carbocycles. The highest BCUT2D eigenvalue weighted by atomic mass is 32.2. The van der Waals surface area contributed by atoms with E-state index in [9.17, 15) is 0 Å². The monoisotopic (exact) mass is 200 g/mol. The number of amidine groups is 1. The number of aliphatic imine (C=N–C) groups is 1. The van der Waals surface area contributed by atoms with E-state index in [-0.39, 0.29) is 0 Å². The zero-order valence-electron chi connectivity index (χ0n) is 8.89. The van der Waals surface area contributed by atoms with Crippen LogP contribution >= 0.6 is 11.8 Å². The molecule has 0 amide bonds. The molecule has 2 nitrogen and oxygen atoms in total. The summed E-state index contributed by atoms with van der Waals surface area (Å²) in [5, 5.41) is 3.44. The molecule has 0 spiro atoms. The SMILES string of the molecule is CSC(C)(C)CNC1=NCCCC1. The summed E-state index contributed by atoms with van der Waals surface area (Å²) < 4.78 is 0.319. The second-order valence-electron chi connectivity index (χ2n) is 4.10. The molecular weight excluding hydrogens is 180 g/mol. The van der Waals surface area contributed by atoms with Gasteiger partial charge in [-0.15, -0.1) is 0 Å². The van der Waals surface area contributed by atoms with Crippen LogP contribution < -0.4 is 5.32 Å². The molecule has 3 heteroatoms. The van der Waals surface area contributed by atoms with Crippen molar-refractivity contribution in [2.24, 2.45) is 4.99 Å². The number of nitrogens with zero attached hydrogens (tertiary/aromatic N) is 1. The van der Waals surface area contributed by atoms with Crippen LogP contribution in [0.15, 0.2) is 4.99 Å². The highest BCUT2D eigenvalue weighted by molar-refractivity contribution is 7.99. The topological polar surface area (TPSA) is 24.4 Å². The molecule has 1 aliphatic rings. The lowest BCUT2D eigenvalue weighted by atomic mass is 10.1. The summed E-state index contributed by atoms with van der Waals surface area (Å²) in [7, 11) is 0. The molecule has 0 bridgehead atoms. The zero-order chi connectivity index (χ0) is 9.73. The van der Waals surface area contributed by atoms with E-state index < -0.39 is 0 Å². The second kappa shape index (κ2) is 4.89. The maximum Gasteiger partial charge on any atom is 0.0963 e. The van der Waals surface area contributed by atoms with Gasteiger partial charge in [0.15, 0.2) is 0 Å². The normalized spacial score (nSPS) is 18.2. The van der Waals surface area contributed by atoms with E-state index in [1.54, 1.807) is 0 Å². The fraction of sp³-hybridized carbons (Fsp3) is 0.900. The van der Waals surface area contributed by atoms with E-state index in [4.69, 9.17) is 0 Å². The first-order valence-electron chi connectivity index (χ1n) is 4.96. The van der Waals surface area contributed by atoms with Crippen LogP contribution in [0.2, 0.25) is 0 Å². The standard InChI is InChI=1S/C10H20N2S/c1-10(2,13-3)8-12-9-6-4-5-7-11-9/h4-8H2,1-3H3,(H,11,12).